The van der Waals surface area contributed by atoms with Gasteiger partial charge in [-0.25, -0.2) is 13.2 Å². The highest BCUT2D eigenvalue weighted by Crippen LogP contribution is 2.34. The van der Waals surface area contributed by atoms with Crippen LogP contribution in [0, 0.1) is 5.92 Å². The monoisotopic (exact) mass is 721 g/mol. The SMILES string of the molecule is COC(=O)N[C@H](C(=O)NCc1ccc([C@@H](CO)N(CC(C)C)S(=O)(=O)c2cccc(CC(C)(C)O)c2)s1)C(c1ccccc1)c1ccccc1. The summed E-state index contributed by atoms with van der Waals surface area (Å²) in [7, 11) is -2.82. The van der Waals surface area contributed by atoms with Crippen LogP contribution in [0.4, 0.5) is 4.79 Å². The molecule has 50 heavy (non-hydrogen) atoms. The van der Waals surface area contributed by atoms with E-state index in [2.05, 4.69) is 10.6 Å². The van der Waals surface area contributed by atoms with Crippen LogP contribution in [-0.2, 0) is 32.5 Å². The maximum absolute atomic E-state index is 14.1. The van der Waals surface area contributed by atoms with E-state index in [1.165, 1.54) is 28.8 Å². The van der Waals surface area contributed by atoms with Gasteiger partial charge in [0.05, 0.1) is 36.8 Å². The largest absolute Gasteiger partial charge is 0.453 e. The molecular weight excluding hydrogens is 675 g/mol. The van der Waals surface area contributed by atoms with E-state index in [9.17, 15) is 28.2 Å². The van der Waals surface area contributed by atoms with Crippen LogP contribution in [0.2, 0.25) is 0 Å². The lowest BCUT2D eigenvalue weighted by Crippen LogP contribution is -2.50. The van der Waals surface area contributed by atoms with Crippen LogP contribution in [0.5, 0.6) is 0 Å². The van der Waals surface area contributed by atoms with Gasteiger partial charge in [0, 0.05) is 28.6 Å². The third-order valence-electron chi connectivity index (χ3n) is 8.05. The summed E-state index contributed by atoms with van der Waals surface area (Å²) in [6.45, 7) is 6.96. The van der Waals surface area contributed by atoms with Crippen LogP contribution < -0.4 is 10.6 Å². The summed E-state index contributed by atoms with van der Waals surface area (Å²) in [6.07, 6.45) is -0.472. The fourth-order valence-corrected chi connectivity index (χ4v) is 8.82. The summed E-state index contributed by atoms with van der Waals surface area (Å²) in [5.41, 5.74) is 1.32. The number of aliphatic hydroxyl groups excluding tert-OH is 1. The number of rotatable bonds is 16. The predicted molar refractivity (Wildman–Crippen MR) is 195 cm³/mol. The Hall–Kier alpha value is -4.07. The molecular formula is C38H47N3O7S2. The Morgan fingerprint density at radius 1 is 0.920 bits per heavy atom. The van der Waals surface area contributed by atoms with Gasteiger partial charge in [-0.1, -0.05) is 86.6 Å². The van der Waals surface area contributed by atoms with E-state index < -0.39 is 52.2 Å². The molecule has 1 aromatic heterocycles. The number of sulfonamides is 1. The van der Waals surface area contributed by atoms with Crippen LogP contribution in [0.3, 0.4) is 0 Å². The van der Waals surface area contributed by atoms with E-state index in [1.807, 2.05) is 74.5 Å². The lowest BCUT2D eigenvalue weighted by Gasteiger charge is -2.31. The van der Waals surface area contributed by atoms with Crippen LogP contribution in [0.25, 0.3) is 0 Å². The van der Waals surface area contributed by atoms with Crippen LogP contribution in [-0.4, -0.2) is 66.8 Å². The second-order valence-electron chi connectivity index (χ2n) is 13.2. The molecule has 0 saturated heterocycles. The number of nitrogens with one attached hydrogen (secondary N) is 2. The van der Waals surface area contributed by atoms with Gasteiger partial charge >= 0.3 is 6.09 Å². The minimum Gasteiger partial charge on any atom is -0.453 e. The molecule has 4 N–H and O–H groups in total. The normalized spacial score (nSPS) is 13.3. The average Bonchev–Trinajstić information content (AvgIpc) is 3.55. The smallest absolute Gasteiger partial charge is 0.407 e. The van der Waals surface area contributed by atoms with E-state index in [4.69, 9.17) is 4.74 Å². The van der Waals surface area contributed by atoms with Crippen molar-refractivity contribution >= 4 is 33.4 Å². The Morgan fingerprint density at radius 2 is 1.54 bits per heavy atom. The minimum absolute atomic E-state index is 0.0430. The second kappa shape index (κ2) is 17.2. The van der Waals surface area contributed by atoms with Crippen LogP contribution >= 0.6 is 11.3 Å². The first-order valence-electron chi connectivity index (χ1n) is 16.5. The Labute approximate surface area is 299 Å². The van der Waals surface area contributed by atoms with E-state index in [0.29, 0.717) is 10.4 Å². The number of carbonyl (C=O) groups is 2. The van der Waals surface area contributed by atoms with Crippen LogP contribution in [0.1, 0.15) is 66.1 Å². The van der Waals surface area contributed by atoms with Gasteiger partial charge in [-0.15, -0.1) is 11.3 Å². The molecule has 2 atom stereocenters. The number of nitrogens with zero attached hydrogens (tertiary/aromatic N) is 1. The summed E-state index contributed by atoms with van der Waals surface area (Å²) < 4.78 is 34.5. The van der Waals surface area contributed by atoms with Crippen molar-refractivity contribution in [2.45, 2.75) is 69.2 Å². The van der Waals surface area contributed by atoms with Crippen molar-refractivity contribution in [2.24, 2.45) is 5.92 Å². The van der Waals surface area contributed by atoms with Gasteiger partial charge in [0.25, 0.3) is 0 Å². The molecule has 4 aromatic rings. The summed E-state index contributed by atoms with van der Waals surface area (Å²) in [5.74, 6) is -0.999. The molecule has 4 rings (SSSR count). The van der Waals surface area contributed by atoms with Crippen molar-refractivity contribution in [1.29, 1.82) is 0 Å². The molecule has 0 spiro atoms. The quantitative estimate of drug-likeness (QED) is 0.118. The molecule has 1 heterocycles. The highest BCUT2D eigenvalue weighted by atomic mass is 32.2. The number of aliphatic hydroxyl groups is 2. The summed E-state index contributed by atoms with van der Waals surface area (Å²) in [6, 6.07) is 27.1. The van der Waals surface area contributed by atoms with E-state index in [-0.39, 0.29) is 30.3 Å². The number of hydrogen-bond donors (Lipinski definition) is 4. The third kappa shape index (κ3) is 10.2. The van der Waals surface area contributed by atoms with Crippen molar-refractivity contribution in [2.75, 3.05) is 20.3 Å². The van der Waals surface area contributed by atoms with Crippen molar-refractivity contribution in [3.8, 4) is 0 Å². The van der Waals surface area contributed by atoms with Gasteiger partial charge in [-0.05, 0) is 60.7 Å². The van der Waals surface area contributed by atoms with Gasteiger partial charge in [0.2, 0.25) is 15.9 Å². The number of thiophene rings is 1. The molecule has 0 aliphatic rings. The van der Waals surface area contributed by atoms with Crippen molar-refractivity contribution < 1.29 is 33.0 Å². The summed E-state index contributed by atoms with van der Waals surface area (Å²) in [4.78, 5) is 27.8. The zero-order chi connectivity index (χ0) is 36.5. The highest BCUT2D eigenvalue weighted by molar-refractivity contribution is 7.89. The lowest BCUT2D eigenvalue weighted by atomic mass is 9.84. The first kappa shape index (κ1) is 38.7. The number of ether oxygens (including phenoxy) is 1. The maximum atomic E-state index is 14.1. The molecule has 2 amide bonds. The van der Waals surface area contributed by atoms with E-state index >= 15 is 0 Å². The molecule has 0 aliphatic carbocycles. The lowest BCUT2D eigenvalue weighted by molar-refractivity contribution is -0.123. The molecule has 0 aliphatic heterocycles. The van der Waals surface area contributed by atoms with Crippen molar-refractivity contribution in [3.05, 3.63) is 124 Å². The molecule has 0 bridgehead atoms. The molecule has 12 heteroatoms. The highest BCUT2D eigenvalue weighted by Gasteiger charge is 2.35. The fourth-order valence-electron chi connectivity index (χ4n) is 5.86. The molecule has 0 fully saturated rings. The Morgan fingerprint density at radius 3 is 2.08 bits per heavy atom. The zero-order valence-corrected chi connectivity index (χ0v) is 30.7. The minimum atomic E-state index is -4.06. The third-order valence-corrected chi connectivity index (χ3v) is 11.1. The number of benzene rings is 3. The standard InChI is InChI=1S/C38H47N3O7S2/c1-26(2)24-41(50(46,47)31-18-12-13-27(21-31)22-38(3,4)45)32(25-42)33-20-19-30(49-33)23-39-36(43)35(40-37(44)48-5)34(28-14-8-6-9-15-28)29-16-10-7-11-17-29/h6-21,26,32,34-35,42,45H,22-25H2,1-5H3,(H,39,43)(H,40,44)/t32-,35+/m1/s1. The van der Waals surface area contributed by atoms with E-state index in [0.717, 1.165) is 16.0 Å². The summed E-state index contributed by atoms with van der Waals surface area (Å²) in [5, 5.41) is 26.6. The first-order valence-corrected chi connectivity index (χ1v) is 18.7. The van der Waals surface area contributed by atoms with Crippen LogP contribution in [0.15, 0.2) is 102 Å². The fraction of sp³-hybridized carbons (Fsp3) is 0.368. The zero-order valence-electron chi connectivity index (χ0n) is 29.1. The molecule has 3 aromatic carbocycles. The number of amides is 2. The number of hydrogen-bond acceptors (Lipinski definition) is 8. The summed E-state index contributed by atoms with van der Waals surface area (Å²) >= 11 is 1.29. The number of carbonyl (C=O) groups excluding carboxylic acids is 2. The van der Waals surface area contributed by atoms with Crippen molar-refractivity contribution in [3.63, 3.8) is 0 Å². The molecule has 0 saturated carbocycles. The maximum Gasteiger partial charge on any atom is 0.407 e. The second-order valence-corrected chi connectivity index (χ2v) is 16.3. The van der Waals surface area contributed by atoms with Gasteiger partial charge in [0.15, 0.2) is 0 Å². The Balaban J connectivity index is 1.60. The molecule has 268 valence electrons. The predicted octanol–water partition coefficient (Wildman–Crippen LogP) is 5.61. The first-order chi connectivity index (χ1) is 23.7. The topological polar surface area (TPSA) is 145 Å². The van der Waals surface area contributed by atoms with Gasteiger partial charge in [0.1, 0.15) is 6.04 Å². The number of alkyl carbamates (subject to hydrolysis) is 1. The number of methoxy groups -OCH3 is 1. The van der Waals surface area contributed by atoms with Gasteiger partial charge < -0.3 is 25.6 Å². The molecule has 10 nitrogen and oxygen atoms in total. The Kier molecular flexibility index (Phi) is 13.3. The molecule has 0 radical (unpaired) electrons. The van der Waals surface area contributed by atoms with Crippen molar-refractivity contribution in [1.82, 2.24) is 14.9 Å². The average molecular weight is 722 g/mol. The molecule has 0 unspecified atom stereocenters. The Bertz CT molecular complexity index is 1770. The van der Waals surface area contributed by atoms with E-state index in [1.54, 1.807) is 44.2 Å². The van der Waals surface area contributed by atoms with Gasteiger partial charge in [-0.2, -0.15) is 4.31 Å². The van der Waals surface area contributed by atoms with Gasteiger partial charge in [-0.3, -0.25) is 4.79 Å².